The van der Waals surface area contributed by atoms with Crippen LogP contribution >= 0.6 is 0 Å². The van der Waals surface area contributed by atoms with Gasteiger partial charge in [-0.25, -0.2) is 12.8 Å². The number of rotatable bonds is 5. The number of hydrogen-bond donors (Lipinski definition) is 2. The van der Waals surface area contributed by atoms with Crippen molar-refractivity contribution < 1.29 is 30.8 Å². The Morgan fingerprint density at radius 1 is 1.22 bits per heavy atom. The first-order valence-corrected chi connectivity index (χ1v) is 9.12. The Kier molecular flexibility index (Phi) is 5.66. The van der Waals surface area contributed by atoms with E-state index in [-0.39, 0.29) is 11.4 Å². The Bertz CT molecular complexity index is 968. The van der Waals surface area contributed by atoms with Crippen molar-refractivity contribution in [3.05, 3.63) is 47.5 Å². The number of sulfonamides is 1. The molecule has 0 saturated heterocycles. The van der Waals surface area contributed by atoms with Crippen LogP contribution in [0.1, 0.15) is 23.0 Å². The predicted molar refractivity (Wildman–Crippen MR) is 90.3 cm³/mol. The molecule has 2 rings (SSSR count). The van der Waals surface area contributed by atoms with Gasteiger partial charge in [0.2, 0.25) is 10.0 Å². The van der Waals surface area contributed by atoms with Crippen LogP contribution in [0.15, 0.2) is 35.4 Å². The van der Waals surface area contributed by atoms with Crippen molar-refractivity contribution in [2.75, 3.05) is 5.32 Å². The second-order valence-electron chi connectivity index (χ2n) is 5.97. The molecule has 0 unspecified atom stereocenters. The van der Waals surface area contributed by atoms with E-state index in [1.807, 2.05) is 0 Å². The number of carbonyl (C=O) groups is 1. The molecule has 148 valence electrons. The van der Waals surface area contributed by atoms with Gasteiger partial charge < -0.3 is 9.88 Å². The van der Waals surface area contributed by atoms with E-state index < -0.39 is 38.9 Å². The van der Waals surface area contributed by atoms with Gasteiger partial charge in [-0.2, -0.15) is 17.9 Å². The molecule has 1 amide bonds. The van der Waals surface area contributed by atoms with Gasteiger partial charge in [0.25, 0.3) is 5.91 Å². The first-order chi connectivity index (χ1) is 12.3. The maximum absolute atomic E-state index is 13.3. The number of alkyl halides is 3. The normalized spacial score (nSPS) is 13.4. The maximum Gasteiger partial charge on any atom is 0.404 e. The van der Waals surface area contributed by atoms with Crippen molar-refractivity contribution in [1.82, 2.24) is 9.29 Å². The molecule has 0 aliphatic rings. The molecule has 0 saturated carbocycles. The third-order valence-corrected chi connectivity index (χ3v) is 5.27. The van der Waals surface area contributed by atoms with E-state index in [1.54, 1.807) is 0 Å². The molecule has 0 fully saturated rings. The van der Waals surface area contributed by atoms with Crippen LogP contribution < -0.4 is 10.0 Å². The molecule has 6 nitrogen and oxygen atoms in total. The van der Waals surface area contributed by atoms with Crippen LogP contribution in [0.25, 0.3) is 0 Å². The van der Waals surface area contributed by atoms with Gasteiger partial charge in [0.15, 0.2) is 0 Å². The van der Waals surface area contributed by atoms with Crippen LogP contribution in [0.3, 0.4) is 0 Å². The number of nitrogens with zero attached hydrogens (tertiary/aromatic N) is 1. The summed E-state index contributed by atoms with van der Waals surface area (Å²) < 4.78 is 78.0. The van der Waals surface area contributed by atoms with Crippen molar-refractivity contribution in [2.45, 2.75) is 31.0 Å². The molecule has 2 N–H and O–H groups in total. The minimum atomic E-state index is -4.75. The topological polar surface area (TPSA) is 80.2 Å². The van der Waals surface area contributed by atoms with E-state index in [4.69, 9.17) is 0 Å². The number of halogens is 4. The molecule has 1 atom stereocenters. The summed E-state index contributed by atoms with van der Waals surface area (Å²) in [6.07, 6.45) is -3.72. The summed E-state index contributed by atoms with van der Waals surface area (Å²) in [6, 6.07) is 2.54. The van der Waals surface area contributed by atoms with Gasteiger partial charge in [-0.05, 0) is 43.7 Å². The van der Waals surface area contributed by atoms with Gasteiger partial charge in [-0.1, -0.05) is 0 Å². The fraction of sp³-hybridized carbons (Fsp3) is 0.312. The Hall–Kier alpha value is -2.40. The maximum atomic E-state index is 13.3. The van der Waals surface area contributed by atoms with Crippen molar-refractivity contribution in [3.8, 4) is 0 Å². The summed E-state index contributed by atoms with van der Waals surface area (Å²) in [6.45, 7) is 2.18. The van der Waals surface area contributed by atoms with E-state index in [1.165, 1.54) is 35.4 Å². The zero-order valence-corrected chi connectivity index (χ0v) is 15.4. The largest absolute Gasteiger partial charge is 0.404 e. The molecule has 1 heterocycles. The quantitative estimate of drug-likeness (QED) is 0.748. The highest BCUT2D eigenvalue weighted by atomic mass is 32.2. The van der Waals surface area contributed by atoms with E-state index in [0.717, 1.165) is 18.3 Å². The Labute approximate surface area is 153 Å². The van der Waals surface area contributed by atoms with Gasteiger partial charge in [0.05, 0.1) is 0 Å². The molecule has 1 aromatic heterocycles. The monoisotopic (exact) mass is 407 g/mol. The first-order valence-electron chi connectivity index (χ1n) is 7.64. The highest BCUT2D eigenvalue weighted by Crippen LogP contribution is 2.23. The molecule has 2 aromatic rings. The molecule has 11 heteroatoms. The summed E-state index contributed by atoms with van der Waals surface area (Å²) in [5, 5.41) is 2.48. The van der Waals surface area contributed by atoms with Gasteiger partial charge >= 0.3 is 6.18 Å². The Balaban J connectivity index is 2.24. The summed E-state index contributed by atoms with van der Waals surface area (Å²) in [7, 11) is -3.11. The average Bonchev–Trinajstić information content (AvgIpc) is 2.92. The van der Waals surface area contributed by atoms with Crippen LogP contribution in [0.5, 0.6) is 0 Å². The minimum Gasteiger partial charge on any atom is -0.345 e. The van der Waals surface area contributed by atoms with Crippen molar-refractivity contribution in [2.24, 2.45) is 7.05 Å². The van der Waals surface area contributed by atoms with E-state index in [2.05, 4.69) is 5.32 Å². The first kappa shape index (κ1) is 20.9. The van der Waals surface area contributed by atoms with Gasteiger partial charge in [0.1, 0.15) is 22.4 Å². The standard InChI is InChI=1S/C16H17F4N3O3S/c1-9-6-11(4-5-13(9)17)21-15(24)14-7-12(8-23(14)3)27(25,26)22-10(2)16(18,19)20/h4-8,10,22H,1-3H3,(H,21,24)/t10-/m0/s1. The molecule has 27 heavy (non-hydrogen) atoms. The van der Waals surface area contributed by atoms with Gasteiger partial charge in [0, 0.05) is 18.9 Å². The van der Waals surface area contributed by atoms with Crippen LogP contribution in [-0.4, -0.2) is 31.1 Å². The molecular weight excluding hydrogens is 390 g/mol. The lowest BCUT2D eigenvalue weighted by atomic mass is 10.2. The zero-order chi connectivity index (χ0) is 20.6. The number of nitrogens with one attached hydrogen (secondary N) is 2. The fourth-order valence-corrected chi connectivity index (χ4v) is 3.49. The van der Waals surface area contributed by atoms with Crippen LogP contribution in [0.4, 0.5) is 23.2 Å². The molecule has 0 aliphatic carbocycles. The SMILES string of the molecule is Cc1cc(NC(=O)c2cc(S(=O)(=O)N[C@@H](C)C(F)(F)F)cn2C)ccc1F. The molecule has 0 bridgehead atoms. The Morgan fingerprint density at radius 2 is 1.85 bits per heavy atom. The predicted octanol–water partition coefficient (Wildman–Crippen LogP) is 2.95. The number of carbonyl (C=O) groups excluding carboxylic acids is 1. The van der Waals surface area contributed by atoms with E-state index in [0.29, 0.717) is 12.5 Å². The van der Waals surface area contributed by atoms with E-state index >= 15 is 0 Å². The smallest absolute Gasteiger partial charge is 0.345 e. The lowest BCUT2D eigenvalue weighted by Crippen LogP contribution is -2.42. The summed E-state index contributed by atoms with van der Waals surface area (Å²) >= 11 is 0. The summed E-state index contributed by atoms with van der Waals surface area (Å²) in [4.78, 5) is 11.8. The second kappa shape index (κ2) is 7.31. The second-order valence-corrected chi connectivity index (χ2v) is 7.69. The summed E-state index contributed by atoms with van der Waals surface area (Å²) in [5.41, 5.74) is 0.485. The Morgan fingerprint density at radius 3 is 2.41 bits per heavy atom. The van der Waals surface area contributed by atoms with Crippen LogP contribution in [0, 0.1) is 12.7 Å². The van der Waals surface area contributed by atoms with E-state index in [9.17, 15) is 30.8 Å². The number of amides is 1. The van der Waals surface area contributed by atoms with Gasteiger partial charge in [-0.3, -0.25) is 4.79 Å². The summed E-state index contributed by atoms with van der Waals surface area (Å²) in [5.74, 6) is -1.15. The van der Waals surface area contributed by atoms with Crippen LogP contribution in [0.2, 0.25) is 0 Å². The average molecular weight is 407 g/mol. The molecule has 0 aliphatic heterocycles. The van der Waals surface area contributed by atoms with Crippen LogP contribution in [-0.2, 0) is 17.1 Å². The number of aromatic nitrogens is 1. The molecule has 0 radical (unpaired) electrons. The highest BCUT2D eigenvalue weighted by Gasteiger charge is 2.39. The minimum absolute atomic E-state index is 0.1000. The van der Waals surface area contributed by atoms with Crippen molar-refractivity contribution in [3.63, 3.8) is 0 Å². The lowest BCUT2D eigenvalue weighted by Gasteiger charge is -2.16. The molecule has 1 aromatic carbocycles. The molecular formula is C16H17F4N3O3S. The highest BCUT2D eigenvalue weighted by molar-refractivity contribution is 7.89. The number of anilines is 1. The van der Waals surface area contributed by atoms with Crippen molar-refractivity contribution >= 4 is 21.6 Å². The van der Waals surface area contributed by atoms with Gasteiger partial charge in [-0.15, -0.1) is 0 Å². The number of hydrogen-bond acceptors (Lipinski definition) is 3. The van der Waals surface area contributed by atoms with Crippen molar-refractivity contribution in [1.29, 1.82) is 0 Å². The molecule has 0 spiro atoms. The number of aryl methyl sites for hydroxylation is 2. The lowest BCUT2D eigenvalue weighted by molar-refractivity contribution is -0.147. The number of benzene rings is 1. The fourth-order valence-electron chi connectivity index (χ4n) is 2.19. The third-order valence-electron chi connectivity index (χ3n) is 3.76. The third kappa shape index (κ3) is 4.86. The zero-order valence-electron chi connectivity index (χ0n) is 14.6.